The fourth-order valence-electron chi connectivity index (χ4n) is 1.91. The zero-order valence-electron chi connectivity index (χ0n) is 11.4. The van der Waals surface area contributed by atoms with Crippen LogP contribution in [0.15, 0.2) is 22.7 Å². The summed E-state index contributed by atoms with van der Waals surface area (Å²) in [7, 11) is 0. The minimum Gasteiger partial charge on any atom is -0.394 e. The minimum atomic E-state index is -4.43. The van der Waals surface area contributed by atoms with Gasteiger partial charge in [0.2, 0.25) is 0 Å². The van der Waals surface area contributed by atoms with Crippen LogP contribution in [0.2, 0.25) is 0 Å². The van der Waals surface area contributed by atoms with E-state index in [2.05, 4.69) is 26.3 Å². The number of nitrogens with one attached hydrogen (secondary N) is 1. The zero-order valence-corrected chi connectivity index (χ0v) is 13.0. The third-order valence-corrected chi connectivity index (χ3v) is 3.70. The Balaban J connectivity index is 2.41. The first-order valence-corrected chi connectivity index (χ1v) is 7.00. The summed E-state index contributed by atoms with van der Waals surface area (Å²) >= 11 is 2.91. The van der Waals surface area contributed by atoms with Gasteiger partial charge in [-0.3, -0.25) is 0 Å². The predicted molar refractivity (Wildman–Crippen MR) is 79.5 cm³/mol. The van der Waals surface area contributed by atoms with Crippen LogP contribution < -0.4 is 11.1 Å². The van der Waals surface area contributed by atoms with Gasteiger partial charge < -0.3 is 11.1 Å². The highest BCUT2D eigenvalue weighted by Gasteiger charge is 2.33. The average Bonchev–Trinajstić information content (AvgIpc) is 2.67. The molecular weight excluding hydrogens is 349 g/mol. The van der Waals surface area contributed by atoms with Crippen LogP contribution >= 0.6 is 15.9 Å². The Morgan fingerprint density at radius 3 is 2.62 bits per heavy atom. The van der Waals surface area contributed by atoms with Crippen molar-refractivity contribution in [3.63, 3.8) is 0 Å². The molecule has 0 amide bonds. The average molecular weight is 363 g/mol. The quantitative estimate of drug-likeness (QED) is 0.854. The predicted octanol–water partition coefficient (Wildman–Crippen LogP) is 4.32. The highest BCUT2D eigenvalue weighted by atomic mass is 79.9. The van der Waals surface area contributed by atoms with E-state index in [4.69, 9.17) is 5.73 Å². The monoisotopic (exact) mass is 362 g/mol. The van der Waals surface area contributed by atoms with Crippen LogP contribution in [0.5, 0.6) is 0 Å². The second kappa shape index (κ2) is 5.59. The number of hydrogen-bond acceptors (Lipinski definition) is 3. The number of halogens is 4. The zero-order chi connectivity index (χ0) is 15.8. The number of hydrogen-bond donors (Lipinski definition) is 2. The molecule has 0 saturated carbocycles. The second-order valence-corrected chi connectivity index (χ2v) is 5.34. The molecule has 114 valence electrons. The summed E-state index contributed by atoms with van der Waals surface area (Å²) in [6.07, 6.45) is -4.43. The molecule has 0 aliphatic rings. The molecule has 3 N–H and O–H groups in total. The largest absolute Gasteiger partial charge is 0.417 e. The van der Waals surface area contributed by atoms with Gasteiger partial charge in [-0.25, -0.2) is 4.68 Å². The molecule has 0 spiro atoms. The number of nitrogen functional groups attached to an aromatic ring is 1. The summed E-state index contributed by atoms with van der Waals surface area (Å²) < 4.78 is 40.3. The summed E-state index contributed by atoms with van der Waals surface area (Å²) in [5.41, 5.74) is 6.51. The van der Waals surface area contributed by atoms with Crippen LogP contribution in [0, 0.1) is 6.92 Å². The molecule has 0 fully saturated rings. The topological polar surface area (TPSA) is 55.9 Å². The van der Waals surface area contributed by atoms with Gasteiger partial charge in [0.1, 0.15) is 0 Å². The van der Waals surface area contributed by atoms with Crippen molar-refractivity contribution in [3.8, 4) is 0 Å². The number of aromatic nitrogens is 2. The minimum absolute atomic E-state index is 0.00583. The fraction of sp³-hybridized carbons (Fsp3) is 0.308. The van der Waals surface area contributed by atoms with Crippen LogP contribution in [0.4, 0.5) is 30.4 Å². The van der Waals surface area contributed by atoms with Gasteiger partial charge in [-0.15, -0.1) is 0 Å². The van der Waals surface area contributed by atoms with Gasteiger partial charge >= 0.3 is 6.18 Å². The van der Waals surface area contributed by atoms with Crippen LogP contribution in [0.25, 0.3) is 0 Å². The van der Waals surface area contributed by atoms with Crippen molar-refractivity contribution in [3.05, 3.63) is 33.9 Å². The van der Waals surface area contributed by atoms with Crippen molar-refractivity contribution in [1.82, 2.24) is 9.78 Å². The molecule has 0 aliphatic carbocycles. The molecule has 0 aliphatic heterocycles. The Morgan fingerprint density at radius 1 is 1.38 bits per heavy atom. The lowest BCUT2D eigenvalue weighted by molar-refractivity contribution is -0.138. The molecule has 1 aromatic heterocycles. The smallest absolute Gasteiger partial charge is 0.394 e. The van der Waals surface area contributed by atoms with Crippen molar-refractivity contribution in [2.45, 2.75) is 26.6 Å². The molecule has 0 bridgehead atoms. The molecule has 1 heterocycles. The molecule has 0 radical (unpaired) electrons. The normalized spacial score (nSPS) is 11.7. The lowest BCUT2D eigenvalue weighted by atomic mass is 10.2. The first kappa shape index (κ1) is 15.7. The van der Waals surface area contributed by atoms with E-state index < -0.39 is 11.7 Å². The van der Waals surface area contributed by atoms with Gasteiger partial charge in [-0.2, -0.15) is 18.3 Å². The molecule has 2 rings (SSSR count). The van der Waals surface area contributed by atoms with Crippen molar-refractivity contribution in [2.24, 2.45) is 0 Å². The highest BCUT2D eigenvalue weighted by molar-refractivity contribution is 9.10. The molecule has 4 nitrogen and oxygen atoms in total. The van der Waals surface area contributed by atoms with E-state index in [1.807, 2.05) is 6.92 Å². The van der Waals surface area contributed by atoms with Crippen molar-refractivity contribution >= 4 is 33.1 Å². The van der Waals surface area contributed by atoms with E-state index >= 15 is 0 Å². The SMILES string of the molecule is CCn1nc(C)c(N)c1Nc1ccc(Br)c(C(F)(F)F)c1. The van der Waals surface area contributed by atoms with Gasteiger partial charge in [-0.05, 0) is 32.0 Å². The van der Waals surface area contributed by atoms with E-state index in [9.17, 15) is 13.2 Å². The van der Waals surface area contributed by atoms with Crippen molar-refractivity contribution in [2.75, 3.05) is 11.1 Å². The maximum atomic E-state index is 12.9. The van der Waals surface area contributed by atoms with Crippen LogP contribution in [-0.4, -0.2) is 9.78 Å². The van der Waals surface area contributed by atoms with E-state index in [1.165, 1.54) is 6.07 Å². The number of benzene rings is 1. The Bertz CT molecular complexity index is 664. The fourth-order valence-corrected chi connectivity index (χ4v) is 2.38. The summed E-state index contributed by atoms with van der Waals surface area (Å²) in [6, 6.07) is 3.92. The van der Waals surface area contributed by atoms with E-state index in [0.717, 1.165) is 6.07 Å². The van der Waals surface area contributed by atoms with E-state index in [-0.39, 0.29) is 4.47 Å². The van der Waals surface area contributed by atoms with Gasteiger partial charge in [0.05, 0.1) is 16.9 Å². The highest BCUT2D eigenvalue weighted by Crippen LogP contribution is 2.37. The van der Waals surface area contributed by atoms with Gasteiger partial charge in [0, 0.05) is 16.7 Å². The lowest BCUT2D eigenvalue weighted by Crippen LogP contribution is -2.08. The molecule has 0 unspecified atom stereocenters. The molecule has 2 aromatic rings. The first-order chi connectivity index (χ1) is 9.74. The van der Waals surface area contributed by atoms with Crippen molar-refractivity contribution < 1.29 is 13.2 Å². The van der Waals surface area contributed by atoms with Crippen molar-refractivity contribution in [1.29, 1.82) is 0 Å². The van der Waals surface area contributed by atoms with Crippen LogP contribution in [0.1, 0.15) is 18.2 Å². The number of nitrogens with two attached hydrogens (primary N) is 1. The summed E-state index contributed by atoms with van der Waals surface area (Å²) in [4.78, 5) is 0. The van der Waals surface area contributed by atoms with Crippen LogP contribution in [-0.2, 0) is 12.7 Å². The van der Waals surface area contributed by atoms with Crippen LogP contribution in [0.3, 0.4) is 0 Å². The Hall–Kier alpha value is -1.70. The summed E-state index contributed by atoms with van der Waals surface area (Å²) in [5.74, 6) is 0.491. The second-order valence-electron chi connectivity index (χ2n) is 4.48. The maximum absolute atomic E-state index is 12.9. The first-order valence-electron chi connectivity index (χ1n) is 6.20. The molecule has 8 heteroatoms. The Labute approximate surface area is 128 Å². The molecule has 0 atom stereocenters. The third-order valence-electron chi connectivity index (χ3n) is 3.01. The van der Waals surface area contributed by atoms with Gasteiger partial charge in [-0.1, -0.05) is 15.9 Å². The molecule has 0 saturated heterocycles. The number of rotatable bonds is 3. The number of alkyl halides is 3. The van der Waals surface area contributed by atoms with E-state index in [1.54, 1.807) is 17.7 Å². The maximum Gasteiger partial charge on any atom is 0.417 e. The standard InChI is InChI=1S/C13H14BrF3N4/c1-3-21-12(11(18)7(2)20-21)19-8-4-5-10(14)9(6-8)13(15,16)17/h4-6,19H,3,18H2,1-2H3. The number of aryl methyl sites for hydroxylation is 2. The van der Waals surface area contributed by atoms with Gasteiger partial charge in [0.15, 0.2) is 5.82 Å². The lowest BCUT2D eigenvalue weighted by Gasteiger charge is -2.13. The Morgan fingerprint density at radius 2 is 2.05 bits per heavy atom. The summed E-state index contributed by atoms with van der Waals surface area (Å²) in [5, 5.41) is 7.12. The Kier molecular flexibility index (Phi) is 4.18. The molecular formula is C13H14BrF3N4. The summed E-state index contributed by atoms with van der Waals surface area (Å²) in [6.45, 7) is 4.18. The van der Waals surface area contributed by atoms with E-state index in [0.29, 0.717) is 29.4 Å². The third kappa shape index (κ3) is 3.15. The molecule has 21 heavy (non-hydrogen) atoms. The molecule has 1 aromatic carbocycles. The number of anilines is 3. The number of nitrogens with zero attached hydrogens (tertiary/aromatic N) is 2. The van der Waals surface area contributed by atoms with Gasteiger partial charge in [0.25, 0.3) is 0 Å².